The lowest BCUT2D eigenvalue weighted by molar-refractivity contribution is -0.120. The fourth-order valence-corrected chi connectivity index (χ4v) is 3.96. The number of benzene rings is 2. The highest BCUT2D eigenvalue weighted by Crippen LogP contribution is 2.40. The minimum atomic E-state index is -3.07. The van der Waals surface area contributed by atoms with E-state index in [4.69, 9.17) is 4.74 Å². The van der Waals surface area contributed by atoms with Crippen LogP contribution in [-0.4, -0.2) is 28.8 Å². The molecule has 0 saturated heterocycles. The van der Waals surface area contributed by atoms with Crippen molar-refractivity contribution in [2.24, 2.45) is 0 Å². The summed E-state index contributed by atoms with van der Waals surface area (Å²) < 4.78 is 48.8. The SMILES string of the molecule is COc1ccc(F)cc1C(C)(C)CC(O)(Cn1ccc(=O)c2ccccc21)C(F)F. The molecule has 1 heterocycles. The Morgan fingerprint density at radius 2 is 1.83 bits per heavy atom. The number of rotatable bonds is 7. The molecule has 30 heavy (non-hydrogen) atoms. The predicted molar refractivity (Wildman–Crippen MR) is 110 cm³/mol. The lowest BCUT2D eigenvalue weighted by Crippen LogP contribution is -2.46. The number of ether oxygens (including phenoxy) is 1. The lowest BCUT2D eigenvalue weighted by atomic mass is 9.74. The Balaban J connectivity index is 2.03. The summed E-state index contributed by atoms with van der Waals surface area (Å²) in [6, 6.07) is 11.8. The zero-order valence-electron chi connectivity index (χ0n) is 17.0. The number of methoxy groups -OCH3 is 1. The molecular formula is C23H24F3NO3. The summed E-state index contributed by atoms with van der Waals surface area (Å²) >= 11 is 0. The highest BCUT2D eigenvalue weighted by atomic mass is 19.3. The smallest absolute Gasteiger partial charge is 0.268 e. The zero-order chi connectivity index (χ0) is 22.1. The van der Waals surface area contributed by atoms with Gasteiger partial charge in [0.1, 0.15) is 17.2 Å². The van der Waals surface area contributed by atoms with Gasteiger partial charge in [-0.3, -0.25) is 4.79 Å². The minimum Gasteiger partial charge on any atom is -0.496 e. The third kappa shape index (κ3) is 4.21. The van der Waals surface area contributed by atoms with Crippen LogP contribution >= 0.6 is 0 Å². The van der Waals surface area contributed by atoms with E-state index < -0.39 is 29.8 Å². The fourth-order valence-electron chi connectivity index (χ4n) is 3.96. The van der Waals surface area contributed by atoms with Gasteiger partial charge in [0, 0.05) is 23.2 Å². The van der Waals surface area contributed by atoms with Gasteiger partial charge >= 0.3 is 0 Å². The first-order chi connectivity index (χ1) is 14.1. The monoisotopic (exact) mass is 419 g/mol. The van der Waals surface area contributed by atoms with E-state index in [2.05, 4.69) is 0 Å². The molecule has 0 saturated carbocycles. The van der Waals surface area contributed by atoms with Gasteiger partial charge in [0.25, 0.3) is 6.43 Å². The Hall–Kier alpha value is -2.80. The van der Waals surface area contributed by atoms with E-state index in [0.29, 0.717) is 22.2 Å². The Morgan fingerprint density at radius 1 is 1.13 bits per heavy atom. The molecule has 1 atom stereocenters. The maximum absolute atomic E-state index is 14.1. The topological polar surface area (TPSA) is 51.5 Å². The van der Waals surface area contributed by atoms with Crippen LogP contribution in [0.3, 0.4) is 0 Å². The summed E-state index contributed by atoms with van der Waals surface area (Å²) in [6.07, 6.45) is -2.04. The first-order valence-electron chi connectivity index (χ1n) is 9.50. The van der Waals surface area contributed by atoms with Gasteiger partial charge in [-0.25, -0.2) is 13.2 Å². The first kappa shape index (κ1) is 21.9. The second kappa shape index (κ2) is 8.14. The normalized spacial score (nSPS) is 14.1. The van der Waals surface area contributed by atoms with Crippen molar-refractivity contribution in [3.05, 3.63) is 76.3 Å². The van der Waals surface area contributed by atoms with E-state index in [-0.39, 0.29) is 11.8 Å². The molecule has 3 rings (SSSR count). The molecule has 0 aliphatic rings. The van der Waals surface area contributed by atoms with Crippen molar-refractivity contribution in [2.75, 3.05) is 7.11 Å². The van der Waals surface area contributed by atoms with Gasteiger partial charge in [0.15, 0.2) is 5.43 Å². The van der Waals surface area contributed by atoms with Crippen LogP contribution in [0.25, 0.3) is 10.9 Å². The Kier molecular flexibility index (Phi) is 5.94. The molecule has 7 heteroatoms. The highest BCUT2D eigenvalue weighted by Gasteiger charge is 2.44. The number of alkyl halides is 2. The molecule has 0 aliphatic heterocycles. The molecule has 3 aromatic rings. The van der Waals surface area contributed by atoms with E-state index in [9.17, 15) is 23.1 Å². The number of fused-ring (bicyclic) bond motifs is 1. The van der Waals surface area contributed by atoms with Crippen molar-refractivity contribution in [1.29, 1.82) is 0 Å². The second-order valence-corrected chi connectivity index (χ2v) is 8.13. The standard InChI is InChI=1S/C23H24F3NO3/c1-22(2,17-12-15(24)8-9-20(17)30-3)13-23(29,21(25)26)14-27-11-10-19(28)16-6-4-5-7-18(16)27/h4-12,21,29H,13-14H2,1-3H3. The van der Waals surface area contributed by atoms with Gasteiger partial charge in [0.05, 0.1) is 19.2 Å². The molecule has 0 fully saturated rings. The average Bonchev–Trinajstić information content (AvgIpc) is 2.70. The predicted octanol–water partition coefficient (Wildman–Crippen LogP) is 4.51. The van der Waals surface area contributed by atoms with Gasteiger partial charge in [0.2, 0.25) is 0 Å². The van der Waals surface area contributed by atoms with E-state index in [1.165, 1.54) is 42.1 Å². The number of aromatic nitrogens is 1. The minimum absolute atomic E-state index is 0.229. The van der Waals surface area contributed by atoms with E-state index in [1.807, 2.05) is 0 Å². The van der Waals surface area contributed by atoms with Gasteiger partial charge < -0.3 is 14.4 Å². The molecule has 160 valence electrons. The van der Waals surface area contributed by atoms with E-state index in [1.54, 1.807) is 38.1 Å². The second-order valence-electron chi connectivity index (χ2n) is 8.13. The van der Waals surface area contributed by atoms with Crippen LogP contribution in [0.5, 0.6) is 5.75 Å². The van der Waals surface area contributed by atoms with Gasteiger partial charge in [-0.05, 0) is 42.2 Å². The number of para-hydroxylation sites is 1. The van der Waals surface area contributed by atoms with Crippen molar-refractivity contribution in [1.82, 2.24) is 4.57 Å². The molecule has 4 nitrogen and oxygen atoms in total. The Labute approximate surface area is 172 Å². The van der Waals surface area contributed by atoms with Gasteiger partial charge in [-0.15, -0.1) is 0 Å². The molecule has 0 radical (unpaired) electrons. The van der Waals surface area contributed by atoms with Crippen molar-refractivity contribution >= 4 is 10.9 Å². The summed E-state index contributed by atoms with van der Waals surface area (Å²) in [5.74, 6) is -0.169. The third-order valence-corrected chi connectivity index (χ3v) is 5.37. The first-order valence-corrected chi connectivity index (χ1v) is 9.50. The van der Waals surface area contributed by atoms with Crippen molar-refractivity contribution in [3.63, 3.8) is 0 Å². The zero-order valence-corrected chi connectivity index (χ0v) is 17.0. The maximum atomic E-state index is 14.1. The maximum Gasteiger partial charge on any atom is 0.268 e. The largest absolute Gasteiger partial charge is 0.496 e. The summed E-state index contributed by atoms with van der Waals surface area (Å²) in [6.45, 7) is 2.87. The number of halogens is 3. The Morgan fingerprint density at radius 3 is 2.50 bits per heavy atom. The van der Waals surface area contributed by atoms with Crippen LogP contribution in [0, 0.1) is 5.82 Å². The van der Waals surface area contributed by atoms with Crippen LogP contribution in [0.4, 0.5) is 13.2 Å². The van der Waals surface area contributed by atoms with Crippen LogP contribution in [0.15, 0.2) is 59.5 Å². The number of pyridine rings is 1. The summed E-state index contributed by atoms with van der Waals surface area (Å²) in [5, 5.41) is 11.4. The van der Waals surface area contributed by atoms with E-state index in [0.717, 1.165) is 0 Å². The molecule has 0 amide bonds. The molecule has 1 N–H and O–H groups in total. The van der Waals surface area contributed by atoms with Crippen LogP contribution < -0.4 is 10.2 Å². The fraction of sp³-hybridized carbons (Fsp3) is 0.348. The van der Waals surface area contributed by atoms with Gasteiger partial charge in [-0.1, -0.05) is 26.0 Å². The molecule has 1 aromatic heterocycles. The molecule has 0 bridgehead atoms. The molecular weight excluding hydrogens is 395 g/mol. The van der Waals surface area contributed by atoms with Crippen LogP contribution in [-0.2, 0) is 12.0 Å². The molecule has 2 aromatic carbocycles. The quantitative estimate of drug-likeness (QED) is 0.613. The Bertz CT molecular complexity index is 1110. The molecule has 1 unspecified atom stereocenters. The number of hydrogen-bond donors (Lipinski definition) is 1. The average molecular weight is 419 g/mol. The third-order valence-electron chi connectivity index (χ3n) is 5.37. The molecule has 0 aliphatic carbocycles. The summed E-state index contributed by atoms with van der Waals surface area (Å²) in [7, 11) is 1.42. The number of nitrogens with zero attached hydrogens (tertiary/aromatic N) is 1. The number of aliphatic hydroxyl groups is 1. The van der Waals surface area contributed by atoms with Crippen molar-refractivity contribution in [3.8, 4) is 5.75 Å². The van der Waals surface area contributed by atoms with Crippen molar-refractivity contribution in [2.45, 2.75) is 44.3 Å². The van der Waals surface area contributed by atoms with Crippen molar-refractivity contribution < 1.29 is 23.0 Å². The van der Waals surface area contributed by atoms with Gasteiger partial charge in [-0.2, -0.15) is 0 Å². The lowest BCUT2D eigenvalue weighted by Gasteiger charge is -2.37. The highest BCUT2D eigenvalue weighted by molar-refractivity contribution is 5.78. The summed E-state index contributed by atoms with van der Waals surface area (Å²) in [4.78, 5) is 12.1. The van der Waals surface area contributed by atoms with Crippen LogP contribution in [0.2, 0.25) is 0 Å². The van der Waals surface area contributed by atoms with Crippen LogP contribution in [0.1, 0.15) is 25.8 Å². The van der Waals surface area contributed by atoms with E-state index >= 15 is 0 Å². The summed E-state index contributed by atoms with van der Waals surface area (Å²) in [5.41, 5.74) is -2.86. The number of hydrogen-bond acceptors (Lipinski definition) is 3. The molecule has 0 spiro atoms.